The number of aromatic nitrogens is 4. The van der Waals surface area contributed by atoms with Gasteiger partial charge in [-0.15, -0.1) is 0 Å². The van der Waals surface area contributed by atoms with Gasteiger partial charge in [-0.05, 0) is 38.2 Å². The van der Waals surface area contributed by atoms with Gasteiger partial charge in [-0.2, -0.15) is 9.40 Å². The topological polar surface area (TPSA) is 73.0 Å². The van der Waals surface area contributed by atoms with Gasteiger partial charge in [0.05, 0.1) is 18.4 Å². The lowest BCUT2D eigenvalue weighted by Crippen LogP contribution is -2.40. The van der Waals surface area contributed by atoms with Gasteiger partial charge >= 0.3 is 0 Å². The van der Waals surface area contributed by atoms with E-state index in [9.17, 15) is 8.42 Å². The van der Waals surface area contributed by atoms with Gasteiger partial charge in [0.1, 0.15) is 5.82 Å². The first-order valence-electron chi connectivity index (χ1n) is 8.61. The zero-order chi connectivity index (χ0) is 16.7. The molecule has 0 bridgehead atoms. The molecule has 0 saturated carbocycles. The van der Waals surface area contributed by atoms with E-state index in [1.165, 1.54) is 0 Å². The molecule has 0 amide bonds. The zero-order valence-electron chi connectivity index (χ0n) is 13.9. The highest BCUT2D eigenvalue weighted by atomic mass is 32.2. The fourth-order valence-electron chi connectivity index (χ4n) is 3.71. The van der Waals surface area contributed by atoms with Crippen LogP contribution in [0.4, 0.5) is 0 Å². The second kappa shape index (κ2) is 6.00. The molecular formula is C16H23N5O2S. The van der Waals surface area contributed by atoms with Crippen molar-refractivity contribution < 1.29 is 8.42 Å². The zero-order valence-corrected chi connectivity index (χ0v) is 14.7. The number of hydrogen-bond donors (Lipinski definition) is 0. The van der Waals surface area contributed by atoms with Gasteiger partial charge in [0.15, 0.2) is 5.03 Å². The Kier molecular flexibility index (Phi) is 3.96. The molecule has 0 radical (unpaired) electrons. The van der Waals surface area contributed by atoms with Crippen molar-refractivity contribution in [1.29, 1.82) is 0 Å². The van der Waals surface area contributed by atoms with Crippen LogP contribution in [0.3, 0.4) is 0 Å². The largest absolute Gasteiger partial charge is 0.318 e. The highest BCUT2D eigenvalue weighted by molar-refractivity contribution is 7.89. The average Bonchev–Trinajstić information content (AvgIpc) is 3.21. The van der Waals surface area contributed by atoms with Crippen LogP contribution >= 0.6 is 0 Å². The van der Waals surface area contributed by atoms with Crippen LogP contribution in [0.1, 0.15) is 43.1 Å². The lowest BCUT2D eigenvalue weighted by atomic mass is 10.1. The summed E-state index contributed by atoms with van der Waals surface area (Å²) in [6, 6.07) is 0.282. The van der Waals surface area contributed by atoms with Crippen molar-refractivity contribution in [3.63, 3.8) is 0 Å². The Hall–Kier alpha value is -1.67. The minimum atomic E-state index is -3.46. The second-order valence-electron chi connectivity index (χ2n) is 6.75. The lowest BCUT2D eigenvalue weighted by Gasteiger charge is -2.31. The van der Waals surface area contributed by atoms with E-state index in [0.717, 1.165) is 50.0 Å². The molecule has 2 aliphatic heterocycles. The van der Waals surface area contributed by atoms with Crippen LogP contribution < -0.4 is 0 Å². The Morgan fingerprint density at radius 1 is 1.12 bits per heavy atom. The van der Waals surface area contributed by atoms with Crippen LogP contribution in [-0.2, 0) is 23.0 Å². The van der Waals surface area contributed by atoms with E-state index < -0.39 is 10.0 Å². The Balaban J connectivity index is 1.51. The van der Waals surface area contributed by atoms with Crippen molar-refractivity contribution in [3.8, 4) is 0 Å². The first-order chi connectivity index (χ1) is 11.6. The second-order valence-corrected chi connectivity index (χ2v) is 8.64. The quantitative estimate of drug-likeness (QED) is 0.846. The summed E-state index contributed by atoms with van der Waals surface area (Å²) in [5, 5.41) is 4.74. The van der Waals surface area contributed by atoms with Gasteiger partial charge in [0.2, 0.25) is 0 Å². The van der Waals surface area contributed by atoms with Crippen molar-refractivity contribution in [1.82, 2.24) is 23.6 Å². The molecule has 0 atom stereocenters. The third-order valence-corrected chi connectivity index (χ3v) is 6.97. The van der Waals surface area contributed by atoms with E-state index in [2.05, 4.69) is 10.1 Å². The number of rotatable bonds is 3. The summed E-state index contributed by atoms with van der Waals surface area (Å²) in [6.07, 6.45) is 9.99. The third kappa shape index (κ3) is 2.67. The maximum absolute atomic E-state index is 13.0. The number of piperidine rings is 1. The molecule has 0 unspecified atom stereocenters. The first-order valence-corrected chi connectivity index (χ1v) is 10.0. The van der Waals surface area contributed by atoms with E-state index in [-0.39, 0.29) is 6.04 Å². The van der Waals surface area contributed by atoms with E-state index in [1.807, 2.05) is 28.6 Å². The van der Waals surface area contributed by atoms with E-state index in [0.29, 0.717) is 18.1 Å². The molecule has 4 rings (SSSR count). The number of hydrogen-bond acceptors (Lipinski definition) is 4. The summed E-state index contributed by atoms with van der Waals surface area (Å²) in [5.41, 5.74) is 1.14. The monoisotopic (exact) mass is 349 g/mol. The smallest absolute Gasteiger partial charge is 0.260 e. The molecule has 1 fully saturated rings. The summed E-state index contributed by atoms with van der Waals surface area (Å²) < 4.78 is 31.5. The fraction of sp³-hybridized carbons (Fsp3) is 0.625. The van der Waals surface area contributed by atoms with Gasteiger partial charge in [-0.25, -0.2) is 13.4 Å². The van der Waals surface area contributed by atoms with E-state index in [1.54, 1.807) is 10.5 Å². The summed E-state index contributed by atoms with van der Waals surface area (Å²) in [6.45, 7) is 3.84. The Labute approximate surface area is 142 Å². The molecule has 2 aromatic rings. The molecule has 130 valence electrons. The van der Waals surface area contributed by atoms with Gasteiger partial charge in [0.25, 0.3) is 10.0 Å². The third-order valence-electron chi connectivity index (χ3n) is 5.07. The summed E-state index contributed by atoms with van der Waals surface area (Å²) in [7, 11) is -3.46. The van der Waals surface area contributed by atoms with Crippen molar-refractivity contribution in [2.75, 3.05) is 13.1 Å². The van der Waals surface area contributed by atoms with Gasteiger partial charge in [0, 0.05) is 32.3 Å². The van der Waals surface area contributed by atoms with Gasteiger partial charge < -0.3 is 4.57 Å². The molecule has 2 aliphatic rings. The first kappa shape index (κ1) is 15.8. The number of nitrogens with zero attached hydrogens (tertiary/aromatic N) is 5. The summed E-state index contributed by atoms with van der Waals surface area (Å²) >= 11 is 0. The summed E-state index contributed by atoms with van der Waals surface area (Å²) in [4.78, 5) is 4.33. The van der Waals surface area contributed by atoms with Crippen molar-refractivity contribution in [2.24, 2.45) is 0 Å². The van der Waals surface area contributed by atoms with Crippen LogP contribution in [0, 0.1) is 6.92 Å². The lowest BCUT2D eigenvalue weighted by molar-refractivity contribution is 0.259. The predicted octanol–water partition coefficient (Wildman–Crippen LogP) is 1.75. The van der Waals surface area contributed by atoms with Crippen LogP contribution in [0.5, 0.6) is 0 Å². The molecule has 7 nitrogen and oxygen atoms in total. The molecule has 1 saturated heterocycles. The van der Waals surface area contributed by atoms with Crippen LogP contribution in [0.2, 0.25) is 0 Å². The number of imidazole rings is 1. The predicted molar refractivity (Wildman–Crippen MR) is 89.2 cm³/mol. The SMILES string of the molecule is Cc1cnn(C2CCN(S(=O)(=O)c3cnc4n3CCCC4)CC2)c1. The maximum Gasteiger partial charge on any atom is 0.260 e. The molecule has 2 aromatic heterocycles. The molecule has 4 heterocycles. The standard InChI is InChI=1S/C16H23N5O2S/c1-13-10-18-21(12-13)14-5-8-19(9-6-14)24(22,23)16-11-17-15-4-2-3-7-20(15)16/h10-12,14H,2-9H2,1H3. The van der Waals surface area contributed by atoms with Crippen molar-refractivity contribution in [3.05, 3.63) is 30.0 Å². The van der Waals surface area contributed by atoms with Crippen molar-refractivity contribution >= 4 is 10.0 Å². The number of sulfonamides is 1. The molecule has 0 aliphatic carbocycles. The van der Waals surface area contributed by atoms with Gasteiger partial charge in [-0.3, -0.25) is 4.68 Å². The average molecular weight is 349 g/mol. The Morgan fingerprint density at radius 2 is 1.92 bits per heavy atom. The Bertz CT molecular complexity index is 831. The number of fused-ring (bicyclic) bond motifs is 1. The normalized spacial score (nSPS) is 20.2. The van der Waals surface area contributed by atoms with Crippen LogP contribution in [0.15, 0.2) is 23.6 Å². The van der Waals surface area contributed by atoms with Crippen molar-refractivity contribution in [2.45, 2.75) is 56.6 Å². The minimum Gasteiger partial charge on any atom is -0.318 e. The molecular weight excluding hydrogens is 326 g/mol. The number of aryl methyl sites for hydroxylation is 2. The molecule has 24 heavy (non-hydrogen) atoms. The molecule has 0 N–H and O–H groups in total. The van der Waals surface area contributed by atoms with Crippen LogP contribution in [-0.4, -0.2) is 45.1 Å². The fourth-order valence-corrected chi connectivity index (χ4v) is 5.32. The van der Waals surface area contributed by atoms with E-state index in [4.69, 9.17) is 0 Å². The maximum atomic E-state index is 13.0. The molecule has 0 spiro atoms. The Morgan fingerprint density at radius 3 is 2.62 bits per heavy atom. The van der Waals surface area contributed by atoms with Gasteiger partial charge in [-0.1, -0.05) is 0 Å². The minimum absolute atomic E-state index is 0.282. The van der Waals surface area contributed by atoms with Crippen LogP contribution in [0.25, 0.3) is 0 Å². The highest BCUT2D eigenvalue weighted by Crippen LogP contribution is 2.28. The molecule has 0 aromatic carbocycles. The van der Waals surface area contributed by atoms with E-state index >= 15 is 0 Å². The molecule has 8 heteroatoms. The summed E-state index contributed by atoms with van der Waals surface area (Å²) in [5.74, 6) is 0.904. The highest BCUT2D eigenvalue weighted by Gasteiger charge is 2.33.